The number of benzene rings is 1. The van der Waals surface area contributed by atoms with Crippen LogP contribution in [-0.2, 0) is 6.61 Å². The lowest BCUT2D eigenvalue weighted by atomic mass is 10.2. The number of rotatable bonds is 6. The Morgan fingerprint density at radius 1 is 1.10 bits per heavy atom. The number of hydrogen-bond acceptors (Lipinski definition) is 5. The predicted molar refractivity (Wildman–Crippen MR) is 83.0 cm³/mol. The highest BCUT2D eigenvalue weighted by atomic mass is 16.5. The highest BCUT2D eigenvalue weighted by Crippen LogP contribution is 2.28. The Bertz CT molecular complexity index is 614. The molecule has 2 rings (SSSR count). The van der Waals surface area contributed by atoms with E-state index in [0.29, 0.717) is 18.2 Å². The summed E-state index contributed by atoms with van der Waals surface area (Å²) in [5.74, 6) is 2.88. The summed E-state index contributed by atoms with van der Waals surface area (Å²) in [5.41, 5.74) is 2.04. The molecule has 0 saturated carbocycles. The van der Waals surface area contributed by atoms with Crippen LogP contribution >= 0.6 is 0 Å². The lowest BCUT2D eigenvalue weighted by molar-refractivity contribution is 0.276. The molecule has 0 saturated heterocycles. The molecule has 0 bridgehead atoms. The van der Waals surface area contributed by atoms with Gasteiger partial charge in [0.15, 0.2) is 17.3 Å². The van der Waals surface area contributed by atoms with Crippen LogP contribution in [0.2, 0.25) is 0 Å². The molecule has 0 aliphatic carbocycles. The third kappa shape index (κ3) is 4.08. The molecule has 2 aromatic rings. The molecular formula is C16H21N3O2. The molecule has 5 nitrogen and oxygen atoms in total. The summed E-state index contributed by atoms with van der Waals surface area (Å²) in [6, 6.07) is 7.74. The normalized spacial score (nSPS) is 10.3. The third-order valence-corrected chi connectivity index (χ3v) is 2.93. The fraction of sp³-hybridized carbons (Fsp3) is 0.375. The second-order valence-electron chi connectivity index (χ2n) is 4.78. The van der Waals surface area contributed by atoms with Crippen molar-refractivity contribution in [1.82, 2.24) is 9.97 Å². The van der Waals surface area contributed by atoms with Gasteiger partial charge in [-0.1, -0.05) is 6.07 Å². The predicted octanol–water partition coefficient (Wildman–Crippen LogP) is 3.11. The molecule has 1 aromatic carbocycles. The SMILES string of the molecule is CCNc1cc(C)nc(COc2ccc(C)cc2OC)n1. The molecule has 0 amide bonds. The Morgan fingerprint density at radius 3 is 2.62 bits per heavy atom. The van der Waals surface area contributed by atoms with Crippen LogP contribution in [0.5, 0.6) is 11.5 Å². The van der Waals surface area contributed by atoms with Crippen molar-refractivity contribution in [1.29, 1.82) is 0 Å². The first-order valence-electron chi connectivity index (χ1n) is 6.98. The Labute approximate surface area is 125 Å². The molecular weight excluding hydrogens is 266 g/mol. The molecule has 112 valence electrons. The van der Waals surface area contributed by atoms with Gasteiger partial charge in [-0.05, 0) is 38.5 Å². The van der Waals surface area contributed by atoms with E-state index in [9.17, 15) is 0 Å². The van der Waals surface area contributed by atoms with Crippen molar-refractivity contribution in [3.8, 4) is 11.5 Å². The van der Waals surface area contributed by atoms with Crippen molar-refractivity contribution < 1.29 is 9.47 Å². The van der Waals surface area contributed by atoms with E-state index < -0.39 is 0 Å². The summed E-state index contributed by atoms with van der Waals surface area (Å²) >= 11 is 0. The van der Waals surface area contributed by atoms with E-state index in [1.807, 2.05) is 45.0 Å². The molecule has 0 fully saturated rings. The van der Waals surface area contributed by atoms with Gasteiger partial charge in [0.25, 0.3) is 0 Å². The Hall–Kier alpha value is -2.30. The van der Waals surface area contributed by atoms with Crippen LogP contribution in [0.4, 0.5) is 5.82 Å². The minimum absolute atomic E-state index is 0.305. The van der Waals surface area contributed by atoms with E-state index in [1.54, 1.807) is 7.11 Å². The van der Waals surface area contributed by atoms with E-state index >= 15 is 0 Å². The zero-order valence-electron chi connectivity index (χ0n) is 12.9. The maximum atomic E-state index is 5.78. The fourth-order valence-electron chi connectivity index (χ4n) is 2.00. The molecule has 1 N–H and O–H groups in total. The van der Waals surface area contributed by atoms with Gasteiger partial charge >= 0.3 is 0 Å². The van der Waals surface area contributed by atoms with E-state index in [2.05, 4.69) is 15.3 Å². The number of nitrogens with zero attached hydrogens (tertiary/aromatic N) is 2. The van der Waals surface area contributed by atoms with Gasteiger partial charge in [-0.2, -0.15) is 0 Å². The number of aryl methyl sites for hydroxylation is 2. The van der Waals surface area contributed by atoms with Crippen molar-refractivity contribution in [3.63, 3.8) is 0 Å². The van der Waals surface area contributed by atoms with Crippen LogP contribution in [-0.4, -0.2) is 23.6 Å². The maximum Gasteiger partial charge on any atom is 0.168 e. The molecule has 21 heavy (non-hydrogen) atoms. The van der Waals surface area contributed by atoms with E-state index in [4.69, 9.17) is 9.47 Å². The van der Waals surface area contributed by atoms with Crippen molar-refractivity contribution in [2.75, 3.05) is 19.0 Å². The van der Waals surface area contributed by atoms with Crippen molar-refractivity contribution in [2.45, 2.75) is 27.4 Å². The zero-order chi connectivity index (χ0) is 15.2. The minimum atomic E-state index is 0.305. The summed E-state index contributed by atoms with van der Waals surface area (Å²) < 4.78 is 11.1. The molecule has 0 atom stereocenters. The van der Waals surface area contributed by atoms with Gasteiger partial charge in [0.05, 0.1) is 7.11 Å². The van der Waals surface area contributed by atoms with Gasteiger partial charge in [0.2, 0.25) is 0 Å². The van der Waals surface area contributed by atoms with Gasteiger partial charge < -0.3 is 14.8 Å². The van der Waals surface area contributed by atoms with Crippen LogP contribution in [0.1, 0.15) is 24.0 Å². The summed E-state index contributed by atoms with van der Waals surface area (Å²) in [6.45, 7) is 7.12. The molecule has 1 aromatic heterocycles. The van der Waals surface area contributed by atoms with Crippen molar-refractivity contribution in [3.05, 3.63) is 41.3 Å². The standard InChI is InChI=1S/C16H21N3O2/c1-5-17-15-9-12(3)18-16(19-15)10-21-13-7-6-11(2)8-14(13)20-4/h6-9H,5,10H2,1-4H3,(H,17,18,19). The number of hydrogen-bond donors (Lipinski definition) is 1. The lowest BCUT2D eigenvalue weighted by Gasteiger charge is -2.11. The van der Waals surface area contributed by atoms with Gasteiger partial charge in [0.1, 0.15) is 12.4 Å². The van der Waals surface area contributed by atoms with E-state index in [1.165, 1.54) is 0 Å². The molecule has 0 unspecified atom stereocenters. The van der Waals surface area contributed by atoms with Gasteiger partial charge in [-0.3, -0.25) is 0 Å². The van der Waals surface area contributed by atoms with Crippen LogP contribution in [0.25, 0.3) is 0 Å². The Morgan fingerprint density at radius 2 is 1.90 bits per heavy atom. The second-order valence-corrected chi connectivity index (χ2v) is 4.78. The van der Waals surface area contributed by atoms with Crippen LogP contribution in [0, 0.1) is 13.8 Å². The number of nitrogens with one attached hydrogen (secondary N) is 1. The van der Waals surface area contributed by atoms with Gasteiger partial charge in [-0.15, -0.1) is 0 Å². The van der Waals surface area contributed by atoms with Crippen LogP contribution < -0.4 is 14.8 Å². The molecule has 1 heterocycles. The smallest absolute Gasteiger partial charge is 0.168 e. The first-order valence-corrected chi connectivity index (χ1v) is 6.98. The highest BCUT2D eigenvalue weighted by molar-refractivity contribution is 5.42. The van der Waals surface area contributed by atoms with Crippen molar-refractivity contribution >= 4 is 5.82 Å². The summed E-state index contributed by atoms with van der Waals surface area (Å²) in [4.78, 5) is 8.81. The van der Waals surface area contributed by atoms with E-state index in [-0.39, 0.29) is 0 Å². The van der Waals surface area contributed by atoms with Gasteiger partial charge in [-0.25, -0.2) is 9.97 Å². The molecule has 0 aliphatic rings. The number of anilines is 1. The fourth-order valence-corrected chi connectivity index (χ4v) is 2.00. The quantitative estimate of drug-likeness (QED) is 0.884. The third-order valence-electron chi connectivity index (χ3n) is 2.93. The molecule has 5 heteroatoms. The molecule has 0 radical (unpaired) electrons. The largest absolute Gasteiger partial charge is 0.493 e. The summed E-state index contributed by atoms with van der Waals surface area (Å²) in [5, 5.41) is 3.19. The number of methoxy groups -OCH3 is 1. The van der Waals surface area contributed by atoms with Crippen LogP contribution in [0.3, 0.4) is 0 Å². The number of ether oxygens (including phenoxy) is 2. The number of aromatic nitrogens is 2. The minimum Gasteiger partial charge on any atom is -0.493 e. The lowest BCUT2D eigenvalue weighted by Crippen LogP contribution is -2.07. The zero-order valence-corrected chi connectivity index (χ0v) is 12.9. The second kappa shape index (κ2) is 6.92. The average molecular weight is 287 g/mol. The highest BCUT2D eigenvalue weighted by Gasteiger charge is 2.07. The summed E-state index contributed by atoms with van der Waals surface area (Å²) in [6.07, 6.45) is 0. The topological polar surface area (TPSA) is 56.3 Å². The van der Waals surface area contributed by atoms with E-state index in [0.717, 1.165) is 29.4 Å². The molecule has 0 aliphatic heterocycles. The van der Waals surface area contributed by atoms with Crippen molar-refractivity contribution in [2.24, 2.45) is 0 Å². The average Bonchev–Trinajstić information content (AvgIpc) is 2.45. The van der Waals surface area contributed by atoms with Gasteiger partial charge in [0, 0.05) is 18.3 Å². The summed E-state index contributed by atoms with van der Waals surface area (Å²) in [7, 11) is 1.63. The molecule has 0 spiro atoms. The monoisotopic (exact) mass is 287 g/mol. The Balaban J connectivity index is 2.12. The van der Waals surface area contributed by atoms with Crippen LogP contribution in [0.15, 0.2) is 24.3 Å². The first-order chi connectivity index (χ1) is 10.1. The first kappa shape index (κ1) is 15.1. The Kier molecular flexibility index (Phi) is 4.98. The maximum absolute atomic E-state index is 5.78.